The van der Waals surface area contributed by atoms with E-state index in [0.717, 1.165) is 23.1 Å². The maximum atomic E-state index is 10.9. The molecule has 16 heavy (non-hydrogen) atoms. The Morgan fingerprint density at radius 1 is 1.25 bits per heavy atom. The summed E-state index contributed by atoms with van der Waals surface area (Å²) in [6, 6.07) is 9.11. The summed E-state index contributed by atoms with van der Waals surface area (Å²) in [5.74, 6) is 0. The zero-order valence-electron chi connectivity index (χ0n) is 8.77. The number of carbonyl (C=O) groups excluding carboxylic acids is 1. The van der Waals surface area contributed by atoms with Crippen LogP contribution in [0.1, 0.15) is 16.1 Å². The molecule has 0 saturated carbocycles. The summed E-state index contributed by atoms with van der Waals surface area (Å²) in [4.78, 5) is 15.1. The second-order valence-electron chi connectivity index (χ2n) is 3.54. The van der Waals surface area contributed by atoms with Crippen molar-refractivity contribution in [3.05, 3.63) is 52.8 Å². The standard InChI is InChI=1S/C13H10ClNO/c1-9-2-3-10(7-15-9)13-5-4-12(14)6-11(13)8-16/h2-8H,1H3. The quantitative estimate of drug-likeness (QED) is 0.741. The van der Waals surface area contributed by atoms with Crippen molar-refractivity contribution in [2.75, 3.05) is 0 Å². The van der Waals surface area contributed by atoms with E-state index in [1.54, 1.807) is 18.3 Å². The predicted octanol–water partition coefficient (Wildman–Crippen LogP) is 3.52. The molecule has 0 unspecified atom stereocenters. The number of benzene rings is 1. The number of hydrogen-bond acceptors (Lipinski definition) is 2. The Labute approximate surface area is 98.9 Å². The monoisotopic (exact) mass is 231 g/mol. The third kappa shape index (κ3) is 2.12. The van der Waals surface area contributed by atoms with Crippen LogP contribution >= 0.6 is 11.6 Å². The molecule has 0 bridgehead atoms. The summed E-state index contributed by atoms with van der Waals surface area (Å²) in [7, 11) is 0. The third-order valence-corrected chi connectivity index (χ3v) is 2.60. The first kappa shape index (κ1) is 10.8. The van der Waals surface area contributed by atoms with E-state index in [4.69, 9.17) is 11.6 Å². The zero-order chi connectivity index (χ0) is 11.5. The van der Waals surface area contributed by atoms with Crippen LogP contribution < -0.4 is 0 Å². The highest BCUT2D eigenvalue weighted by atomic mass is 35.5. The minimum Gasteiger partial charge on any atom is -0.298 e. The molecular weight excluding hydrogens is 222 g/mol. The molecular formula is C13H10ClNO. The van der Waals surface area contributed by atoms with Crippen molar-refractivity contribution in [1.29, 1.82) is 0 Å². The Bertz CT molecular complexity index is 520. The van der Waals surface area contributed by atoms with Gasteiger partial charge in [-0.3, -0.25) is 9.78 Å². The Balaban J connectivity index is 2.55. The van der Waals surface area contributed by atoms with Crippen molar-refractivity contribution in [2.45, 2.75) is 6.92 Å². The van der Waals surface area contributed by atoms with E-state index in [2.05, 4.69) is 4.98 Å². The maximum Gasteiger partial charge on any atom is 0.150 e. The molecule has 1 aromatic heterocycles. The van der Waals surface area contributed by atoms with Crippen LogP contribution in [0, 0.1) is 6.92 Å². The molecule has 80 valence electrons. The van der Waals surface area contributed by atoms with Gasteiger partial charge in [0.1, 0.15) is 0 Å². The summed E-state index contributed by atoms with van der Waals surface area (Å²) in [5.41, 5.74) is 3.31. The van der Waals surface area contributed by atoms with Crippen LogP contribution in [0.4, 0.5) is 0 Å². The van der Waals surface area contributed by atoms with Crippen molar-refractivity contribution in [2.24, 2.45) is 0 Å². The van der Waals surface area contributed by atoms with Gasteiger partial charge in [-0.25, -0.2) is 0 Å². The number of carbonyl (C=O) groups is 1. The van der Waals surface area contributed by atoms with E-state index in [1.165, 1.54) is 0 Å². The molecule has 0 saturated heterocycles. The molecule has 2 aromatic rings. The molecule has 0 amide bonds. The van der Waals surface area contributed by atoms with Gasteiger partial charge < -0.3 is 0 Å². The first-order valence-electron chi connectivity index (χ1n) is 4.88. The van der Waals surface area contributed by atoms with Gasteiger partial charge in [0.05, 0.1) is 0 Å². The number of aryl methyl sites for hydroxylation is 1. The Kier molecular flexibility index (Phi) is 3.02. The normalized spacial score (nSPS) is 10.1. The highest BCUT2D eigenvalue weighted by Gasteiger charge is 2.05. The third-order valence-electron chi connectivity index (χ3n) is 2.36. The number of halogens is 1. The van der Waals surface area contributed by atoms with E-state index >= 15 is 0 Å². The van der Waals surface area contributed by atoms with Gasteiger partial charge in [-0.1, -0.05) is 23.7 Å². The van der Waals surface area contributed by atoms with Gasteiger partial charge in [0.15, 0.2) is 6.29 Å². The number of aldehydes is 1. The molecule has 0 N–H and O–H groups in total. The lowest BCUT2D eigenvalue weighted by Crippen LogP contribution is -1.89. The van der Waals surface area contributed by atoms with Gasteiger partial charge in [0.2, 0.25) is 0 Å². The Morgan fingerprint density at radius 3 is 2.69 bits per heavy atom. The summed E-state index contributed by atoms with van der Waals surface area (Å²) >= 11 is 5.83. The summed E-state index contributed by atoms with van der Waals surface area (Å²) in [5, 5.41) is 0.561. The van der Waals surface area contributed by atoms with Crippen LogP contribution in [-0.4, -0.2) is 11.3 Å². The fourth-order valence-electron chi connectivity index (χ4n) is 1.52. The number of rotatable bonds is 2. The molecule has 0 atom stereocenters. The van der Waals surface area contributed by atoms with Crippen molar-refractivity contribution in [3.8, 4) is 11.1 Å². The second kappa shape index (κ2) is 4.45. The molecule has 1 aromatic carbocycles. The maximum absolute atomic E-state index is 10.9. The SMILES string of the molecule is Cc1ccc(-c2ccc(Cl)cc2C=O)cn1. The lowest BCUT2D eigenvalue weighted by atomic mass is 10.0. The molecule has 3 heteroatoms. The molecule has 0 radical (unpaired) electrons. The second-order valence-corrected chi connectivity index (χ2v) is 3.97. The van der Waals surface area contributed by atoms with Crippen molar-refractivity contribution < 1.29 is 4.79 Å². The summed E-state index contributed by atoms with van der Waals surface area (Å²) < 4.78 is 0. The fourth-order valence-corrected chi connectivity index (χ4v) is 1.70. The van der Waals surface area contributed by atoms with Crippen molar-refractivity contribution in [3.63, 3.8) is 0 Å². The minimum atomic E-state index is 0.561. The molecule has 1 heterocycles. The van der Waals surface area contributed by atoms with E-state index in [0.29, 0.717) is 10.6 Å². The minimum absolute atomic E-state index is 0.561. The first-order valence-corrected chi connectivity index (χ1v) is 5.26. The molecule has 0 fully saturated rings. The van der Waals surface area contributed by atoms with Gasteiger partial charge in [-0.15, -0.1) is 0 Å². The van der Waals surface area contributed by atoms with Gasteiger partial charge in [-0.2, -0.15) is 0 Å². The lowest BCUT2D eigenvalue weighted by Gasteiger charge is -2.05. The van der Waals surface area contributed by atoms with Gasteiger partial charge >= 0.3 is 0 Å². The number of nitrogens with zero attached hydrogens (tertiary/aromatic N) is 1. The summed E-state index contributed by atoms with van der Waals surface area (Å²) in [6.45, 7) is 1.92. The molecule has 0 aliphatic rings. The Morgan fingerprint density at radius 2 is 2.06 bits per heavy atom. The van der Waals surface area contributed by atoms with E-state index in [1.807, 2.05) is 25.1 Å². The number of aromatic nitrogens is 1. The van der Waals surface area contributed by atoms with Gasteiger partial charge in [0.25, 0.3) is 0 Å². The fraction of sp³-hybridized carbons (Fsp3) is 0.0769. The average molecular weight is 232 g/mol. The molecule has 0 aliphatic carbocycles. The highest BCUT2D eigenvalue weighted by Crippen LogP contribution is 2.24. The lowest BCUT2D eigenvalue weighted by molar-refractivity contribution is 0.112. The van der Waals surface area contributed by atoms with E-state index < -0.39 is 0 Å². The van der Waals surface area contributed by atoms with Crippen LogP contribution in [0.5, 0.6) is 0 Å². The van der Waals surface area contributed by atoms with Crippen molar-refractivity contribution in [1.82, 2.24) is 4.98 Å². The predicted molar refractivity (Wildman–Crippen MR) is 64.8 cm³/mol. The summed E-state index contributed by atoms with van der Waals surface area (Å²) in [6.07, 6.45) is 2.56. The van der Waals surface area contributed by atoms with E-state index in [-0.39, 0.29) is 0 Å². The topological polar surface area (TPSA) is 30.0 Å². The molecule has 0 spiro atoms. The molecule has 2 rings (SSSR count). The van der Waals surface area contributed by atoms with Crippen LogP contribution in [0.15, 0.2) is 36.5 Å². The van der Waals surface area contributed by atoms with Crippen LogP contribution in [0.25, 0.3) is 11.1 Å². The van der Waals surface area contributed by atoms with Gasteiger partial charge in [-0.05, 0) is 30.7 Å². The largest absolute Gasteiger partial charge is 0.298 e. The first-order chi connectivity index (χ1) is 7.70. The van der Waals surface area contributed by atoms with E-state index in [9.17, 15) is 4.79 Å². The smallest absolute Gasteiger partial charge is 0.150 e. The Hall–Kier alpha value is -1.67. The number of pyridine rings is 1. The average Bonchev–Trinajstić information content (AvgIpc) is 2.30. The zero-order valence-corrected chi connectivity index (χ0v) is 9.53. The molecule has 2 nitrogen and oxygen atoms in total. The van der Waals surface area contributed by atoms with Crippen LogP contribution in [-0.2, 0) is 0 Å². The highest BCUT2D eigenvalue weighted by molar-refractivity contribution is 6.31. The van der Waals surface area contributed by atoms with Crippen LogP contribution in [0.3, 0.4) is 0 Å². The van der Waals surface area contributed by atoms with Gasteiger partial charge in [0, 0.05) is 28.0 Å². The molecule has 0 aliphatic heterocycles. The van der Waals surface area contributed by atoms with Crippen LogP contribution in [0.2, 0.25) is 5.02 Å². The number of hydrogen-bond donors (Lipinski definition) is 0. The van der Waals surface area contributed by atoms with Crippen molar-refractivity contribution >= 4 is 17.9 Å².